The first-order chi connectivity index (χ1) is 15.0. The van der Waals surface area contributed by atoms with Gasteiger partial charge in [0.2, 0.25) is 0 Å². The number of nitrogens with one attached hydrogen (secondary N) is 2. The molecule has 0 aliphatic carbocycles. The van der Waals surface area contributed by atoms with Gasteiger partial charge in [0.1, 0.15) is 11.6 Å². The number of rotatable bonds is 8. The van der Waals surface area contributed by atoms with Crippen molar-refractivity contribution in [3.05, 3.63) is 54.2 Å². The smallest absolute Gasteiger partial charge is 0.309 e. The van der Waals surface area contributed by atoms with E-state index in [4.69, 9.17) is 4.42 Å². The van der Waals surface area contributed by atoms with E-state index in [0.717, 1.165) is 12.2 Å². The Morgan fingerprint density at radius 2 is 1.74 bits per heavy atom. The predicted molar refractivity (Wildman–Crippen MR) is 117 cm³/mol. The lowest BCUT2D eigenvalue weighted by Gasteiger charge is -2.39. The van der Waals surface area contributed by atoms with Crippen molar-refractivity contribution in [2.45, 2.75) is 26.3 Å². The van der Waals surface area contributed by atoms with Crippen molar-refractivity contribution in [1.29, 1.82) is 0 Å². The minimum Gasteiger partial charge on any atom is -0.468 e. The van der Waals surface area contributed by atoms with Gasteiger partial charge in [-0.2, -0.15) is 0 Å². The number of anilines is 1. The molecule has 2 amide bonds. The van der Waals surface area contributed by atoms with Crippen molar-refractivity contribution >= 4 is 17.5 Å². The standard InChI is InChI=1S/C23H31FN4O3/c1-17(2)9-10-25-22(29)23(30)26-16-20(21-8-5-15-31-21)28-13-11-27(12-14-28)19-7-4-3-6-18(19)24/h3-8,15,17,20H,9-14,16H2,1-2H3,(H,25,29)(H,26,30). The summed E-state index contributed by atoms with van der Waals surface area (Å²) in [5, 5.41) is 5.38. The summed E-state index contributed by atoms with van der Waals surface area (Å²) in [5.41, 5.74) is 0.600. The maximum atomic E-state index is 14.1. The molecular weight excluding hydrogens is 399 g/mol. The number of amides is 2. The van der Waals surface area contributed by atoms with Crippen molar-refractivity contribution in [2.24, 2.45) is 5.92 Å². The van der Waals surface area contributed by atoms with Gasteiger partial charge in [0.15, 0.2) is 0 Å². The molecule has 0 radical (unpaired) electrons. The van der Waals surface area contributed by atoms with Gasteiger partial charge < -0.3 is 20.0 Å². The molecule has 3 rings (SSSR count). The summed E-state index contributed by atoms with van der Waals surface area (Å²) in [6.07, 6.45) is 2.42. The fourth-order valence-corrected chi connectivity index (χ4v) is 3.70. The van der Waals surface area contributed by atoms with Crippen LogP contribution in [0.1, 0.15) is 32.1 Å². The molecule has 2 aromatic rings. The fourth-order valence-electron chi connectivity index (χ4n) is 3.70. The SMILES string of the molecule is CC(C)CCNC(=O)C(=O)NCC(c1ccco1)N1CCN(c2ccccc2F)CC1. The zero-order valence-corrected chi connectivity index (χ0v) is 18.1. The molecule has 1 aromatic carbocycles. The molecule has 0 spiro atoms. The van der Waals surface area contributed by atoms with Gasteiger partial charge in [-0.3, -0.25) is 14.5 Å². The monoisotopic (exact) mass is 430 g/mol. The van der Waals surface area contributed by atoms with E-state index < -0.39 is 11.8 Å². The quantitative estimate of drug-likeness (QED) is 0.630. The van der Waals surface area contributed by atoms with Gasteiger partial charge in [0.05, 0.1) is 18.0 Å². The van der Waals surface area contributed by atoms with Crippen molar-refractivity contribution in [2.75, 3.05) is 44.2 Å². The van der Waals surface area contributed by atoms with Crippen LogP contribution in [0, 0.1) is 11.7 Å². The summed E-state index contributed by atoms with van der Waals surface area (Å²) >= 11 is 0. The van der Waals surface area contributed by atoms with Crippen LogP contribution >= 0.6 is 0 Å². The van der Waals surface area contributed by atoms with Crippen molar-refractivity contribution in [3.63, 3.8) is 0 Å². The van der Waals surface area contributed by atoms with E-state index in [1.54, 1.807) is 24.5 Å². The summed E-state index contributed by atoms with van der Waals surface area (Å²) in [4.78, 5) is 28.5. The zero-order valence-electron chi connectivity index (χ0n) is 18.1. The first-order valence-corrected chi connectivity index (χ1v) is 10.8. The second kappa shape index (κ2) is 10.9. The van der Waals surface area contributed by atoms with Crippen LogP contribution in [0.5, 0.6) is 0 Å². The number of nitrogens with zero attached hydrogens (tertiary/aromatic N) is 2. The summed E-state index contributed by atoms with van der Waals surface area (Å²) in [6, 6.07) is 10.2. The van der Waals surface area contributed by atoms with Crippen LogP contribution in [0.3, 0.4) is 0 Å². The second-order valence-electron chi connectivity index (χ2n) is 8.15. The van der Waals surface area contributed by atoms with Crippen LogP contribution in [-0.4, -0.2) is 56.0 Å². The highest BCUT2D eigenvalue weighted by atomic mass is 19.1. The van der Waals surface area contributed by atoms with E-state index in [1.807, 2.05) is 17.0 Å². The van der Waals surface area contributed by atoms with Gasteiger partial charge in [-0.25, -0.2) is 4.39 Å². The van der Waals surface area contributed by atoms with Crippen molar-refractivity contribution < 1.29 is 18.4 Å². The van der Waals surface area contributed by atoms with Crippen LogP contribution in [0.25, 0.3) is 0 Å². The Kier molecular flexibility index (Phi) is 8.06. The summed E-state index contributed by atoms with van der Waals surface area (Å²) in [5.74, 6) is -0.322. The topological polar surface area (TPSA) is 77.8 Å². The Morgan fingerprint density at radius 1 is 1.03 bits per heavy atom. The summed E-state index contributed by atoms with van der Waals surface area (Å²) in [6.45, 7) is 7.52. The van der Waals surface area contributed by atoms with Gasteiger partial charge in [-0.15, -0.1) is 0 Å². The number of halogens is 1. The number of hydrogen-bond donors (Lipinski definition) is 2. The third-order valence-electron chi connectivity index (χ3n) is 5.49. The van der Waals surface area contributed by atoms with E-state index >= 15 is 0 Å². The molecule has 1 atom stereocenters. The molecule has 1 unspecified atom stereocenters. The van der Waals surface area contributed by atoms with Crippen LogP contribution in [-0.2, 0) is 9.59 Å². The van der Waals surface area contributed by atoms with Gasteiger partial charge >= 0.3 is 11.8 Å². The molecule has 8 heteroatoms. The molecule has 168 valence electrons. The van der Waals surface area contributed by atoms with E-state index in [9.17, 15) is 14.0 Å². The summed E-state index contributed by atoms with van der Waals surface area (Å²) < 4.78 is 19.7. The largest absolute Gasteiger partial charge is 0.468 e. The highest BCUT2D eigenvalue weighted by Gasteiger charge is 2.28. The molecule has 1 aliphatic rings. The van der Waals surface area contributed by atoms with Crippen LogP contribution in [0.4, 0.5) is 10.1 Å². The molecule has 2 N–H and O–H groups in total. The lowest BCUT2D eigenvalue weighted by Crippen LogP contribution is -2.51. The third-order valence-corrected chi connectivity index (χ3v) is 5.49. The number of carbonyl (C=O) groups excluding carboxylic acids is 2. The van der Waals surface area contributed by atoms with Crippen LogP contribution < -0.4 is 15.5 Å². The maximum Gasteiger partial charge on any atom is 0.309 e. The normalized spacial score (nSPS) is 15.7. The second-order valence-corrected chi connectivity index (χ2v) is 8.15. The molecule has 1 aromatic heterocycles. The molecule has 1 aliphatic heterocycles. The minimum atomic E-state index is -0.648. The van der Waals surface area contributed by atoms with E-state index in [-0.39, 0.29) is 18.4 Å². The molecule has 31 heavy (non-hydrogen) atoms. The van der Waals surface area contributed by atoms with E-state index in [1.165, 1.54) is 6.07 Å². The number of piperazine rings is 1. The van der Waals surface area contributed by atoms with Crippen molar-refractivity contribution in [3.8, 4) is 0 Å². The average molecular weight is 431 g/mol. The fraction of sp³-hybridized carbons (Fsp3) is 0.478. The number of furan rings is 1. The van der Waals surface area contributed by atoms with Gasteiger partial charge in [0, 0.05) is 39.3 Å². The zero-order chi connectivity index (χ0) is 22.2. The molecule has 0 saturated carbocycles. The molecule has 0 bridgehead atoms. The molecular formula is C23H31FN4O3. The summed E-state index contributed by atoms with van der Waals surface area (Å²) in [7, 11) is 0. The predicted octanol–water partition coefficient (Wildman–Crippen LogP) is 2.56. The first-order valence-electron chi connectivity index (χ1n) is 10.8. The lowest BCUT2D eigenvalue weighted by atomic mass is 10.1. The Bertz CT molecular complexity index is 848. The van der Waals surface area contributed by atoms with E-state index in [2.05, 4.69) is 29.4 Å². The highest BCUT2D eigenvalue weighted by molar-refractivity contribution is 6.35. The third kappa shape index (κ3) is 6.30. The molecule has 1 saturated heterocycles. The van der Waals surface area contributed by atoms with Crippen molar-refractivity contribution in [1.82, 2.24) is 15.5 Å². The Balaban J connectivity index is 1.56. The average Bonchev–Trinajstić information content (AvgIpc) is 3.29. The maximum absolute atomic E-state index is 14.1. The number of hydrogen-bond acceptors (Lipinski definition) is 5. The van der Waals surface area contributed by atoms with Gasteiger partial charge in [-0.1, -0.05) is 26.0 Å². The Hall–Kier alpha value is -2.87. The van der Waals surface area contributed by atoms with E-state index in [0.29, 0.717) is 44.3 Å². The first kappa shape index (κ1) is 22.8. The minimum absolute atomic E-state index is 0.204. The number of para-hydroxylation sites is 1. The van der Waals surface area contributed by atoms with Crippen LogP contribution in [0.2, 0.25) is 0 Å². The molecule has 1 fully saturated rings. The molecule has 7 nitrogen and oxygen atoms in total. The lowest BCUT2D eigenvalue weighted by molar-refractivity contribution is -0.139. The number of carbonyl (C=O) groups is 2. The van der Waals surface area contributed by atoms with Crippen LogP contribution in [0.15, 0.2) is 47.1 Å². The number of benzene rings is 1. The van der Waals surface area contributed by atoms with Gasteiger partial charge in [-0.05, 0) is 36.6 Å². The Morgan fingerprint density at radius 3 is 2.39 bits per heavy atom. The Labute approximate surface area is 182 Å². The van der Waals surface area contributed by atoms with Gasteiger partial charge in [0.25, 0.3) is 0 Å². The molecule has 2 heterocycles. The highest BCUT2D eigenvalue weighted by Crippen LogP contribution is 2.25.